The summed E-state index contributed by atoms with van der Waals surface area (Å²) in [7, 11) is -3.40. The molecule has 0 aliphatic carbocycles. The third-order valence-electron chi connectivity index (χ3n) is 1.92. The van der Waals surface area contributed by atoms with Gasteiger partial charge in [0.15, 0.2) is 0 Å². The Kier molecular flexibility index (Phi) is 4.38. The molecule has 0 saturated carbocycles. The van der Waals surface area contributed by atoms with Crippen LogP contribution in [0.5, 0.6) is 0 Å². The Morgan fingerprint density at radius 3 is 2.47 bits per heavy atom. The highest BCUT2D eigenvalue weighted by atomic mass is 32.2. The number of benzene rings is 1. The van der Waals surface area contributed by atoms with Gasteiger partial charge in [-0.25, -0.2) is 8.42 Å². The van der Waals surface area contributed by atoms with Crippen molar-refractivity contribution in [1.82, 2.24) is 0 Å². The van der Waals surface area contributed by atoms with E-state index in [0.717, 1.165) is 12.8 Å². The van der Waals surface area contributed by atoms with Crippen molar-refractivity contribution in [2.24, 2.45) is 0 Å². The zero-order valence-electron chi connectivity index (χ0n) is 8.73. The van der Waals surface area contributed by atoms with Crippen LogP contribution in [-0.4, -0.2) is 8.42 Å². The largest absolute Gasteiger partial charge is 0.245 e. The van der Waals surface area contributed by atoms with E-state index in [4.69, 9.17) is 0 Å². The first-order valence-electron chi connectivity index (χ1n) is 4.96. The zero-order chi connectivity index (χ0) is 11.1. The number of hydrogen-bond donors (Lipinski definition) is 0. The van der Waals surface area contributed by atoms with E-state index in [9.17, 15) is 8.42 Å². The van der Waals surface area contributed by atoms with E-state index in [-0.39, 0.29) is 4.90 Å². The molecular weight excluding hydrogens is 208 g/mol. The summed E-state index contributed by atoms with van der Waals surface area (Å²) >= 11 is 0. The fourth-order valence-electron chi connectivity index (χ4n) is 1.07. The van der Waals surface area contributed by atoms with Crippen LogP contribution in [0.1, 0.15) is 26.2 Å². The van der Waals surface area contributed by atoms with Crippen molar-refractivity contribution in [2.75, 3.05) is 0 Å². The van der Waals surface area contributed by atoms with Gasteiger partial charge in [-0.05, 0) is 18.6 Å². The van der Waals surface area contributed by atoms with Gasteiger partial charge < -0.3 is 0 Å². The lowest BCUT2D eigenvalue weighted by molar-refractivity contribution is 0.606. The van der Waals surface area contributed by atoms with Crippen LogP contribution in [0, 0.1) is 11.2 Å². The number of rotatable bonds is 3. The van der Waals surface area contributed by atoms with Crippen LogP contribution >= 0.6 is 0 Å². The molecule has 0 N–H and O–H groups in total. The van der Waals surface area contributed by atoms with Gasteiger partial charge in [-0.1, -0.05) is 37.5 Å². The van der Waals surface area contributed by atoms with Gasteiger partial charge in [-0.2, -0.15) is 0 Å². The fourth-order valence-corrected chi connectivity index (χ4v) is 2.00. The molecule has 0 bridgehead atoms. The first kappa shape index (κ1) is 11.8. The molecule has 0 unspecified atom stereocenters. The molecule has 0 aliphatic rings. The Morgan fingerprint density at radius 1 is 1.20 bits per heavy atom. The smallest absolute Gasteiger partial charge is 0.210 e. The lowest BCUT2D eigenvalue weighted by atomic mass is 10.3. The maximum atomic E-state index is 11.6. The molecule has 0 amide bonds. The van der Waals surface area contributed by atoms with Crippen molar-refractivity contribution < 1.29 is 8.42 Å². The van der Waals surface area contributed by atoms with Gasteiger partial charge in [0, 0.05) is 11.7 Å². The minimum Gasteiger partial charge on any atom is -0.210 e. The van der Waals surface area contributed by atoms with Crippen molar-refractivity contribution >= 4 is 9.84 Å². The van der Waals surface area contributed by atoms with Crippen molar-refractivity contribution in [1.29, 1.82) is 0 Å². The quantitative estimate of drug-likeness (QED) is 0.447. The van der Waals surface area contributed by atoms with Crippen LogP contribution in [0.15, 0.2) is 35.2 Å². The number of unbranched alkanes of at least 4 members (excludes halogenated alkanes) is 2. The summed E-state index contributed by atoms with van der Waals surface area (Å²) in [5.41, 5.74) is 0. The van der Waals surface area contributed by atoms with Crippen LogP contribution < -0.4 is 0 Å². The molecule has 0 spiro atoms. The van der Waals surface area contributed by atoms with Gasteiger partial charge in [-0.15, -0.1) is 0 Å². The Labute approximate surface area is 91.2 Å². The minimum atomic E-state index is -3.40. The van der Waals surface area contributed by atoms with Crippen molar-refractivity contribution in [3.8, 4) is 11.2 Å². The summed E-state index contributed by atoms with van der Waals surface area (Å²) in [6.07, 6.45) is 2.61. The van der Waals surface area contributed by atoms with Gasteiger partial charge in [0.25, 0.3) is 0 Å². The summed E-state index contributed by atoms with van der Waals surface area (Å²) < 4.78 is 23.2. The maximum absolute atomic E-state index is 11.6. The van der Waals surface area contributed by atoms with Crippen LogP contribution in [0.3, 0.4) is 0 Å². The zero-order valence-corrected chi connectivity index (χ0v) is 9.55. The van der Waals surface area contributed by atoms with Gasteiger partial charge >= 0.3 is 0 Å². The number of hydrogen-bond acceptors (Lipinski definition) is 2. The van der Waals surface area contributed by atoms with Crippen LogP contribution in [0.2, 0.25) is 0 Å². The van der Waals surface area contributed by atoms with E-state index in [1.165, 1.54) is 0 Å². The Bertz CT molecular complexity index is 449. The highest BCUT2D eigenvalue weighted by Crippen LogP contribution is 2.08. The third kappa shape index (κ3) is 3.77. The monoisotopic (exact) mass is 222 g/mol. The Hall–Kier alpha value is -1.27. The highest BCUT2D eigenvalue weighted by Gasteiger charge is 2.08. The molecule has 1 aromatic carbocycles. The summed E-state index contributed by atoms with van der Waals surface area (Å²) in [6.45, 7) is 2.05. The SMILES string of the molecule is CCCCC#CS(=O)(=O)c1ccccc1. The summed E-state index contributed by atoms with van der Waals surface area (Å²) in [6, 6.07) is 8.29. The summed E-state index contributed by atoms with van der Waals surface area (Å²) in [5.74, 6) is 2.69. The molecule has 1 aromatic rings. The molecule has 0 atom stereocenters. The molecule has 80 valence electrons. The summed E-state index contributed by atoms with van der Waals surface area (Å²) in [4.78, 5) is 0.272. The Balaban J connectivity index is 2.80. The van der Waals surface area contributed by atoms with Gasteiger partial charge in [0.1, 0.15) is 0 Å². The lowest BCUT2D eigenvalue weighted by Crippen LogP contribution is -1.95. The second-order valence-corrected chi connectivity index (χ2v) is 4.88. The predicted octanol–water partition coefficient (Wildman–Crippen LogP) is 2.61. The van der Waals surface area contributed by atoms with Crippen LogP contribution in [0.4, 0.5) is 0 Å². The summed E-state index contributed by atoms with van der Waals surface area (Å²) in [5, 5.41) is 2.33. The molecule has 0 radical (unpaired) electrons. The molecule has 0 saturated heterocycles. The van der Waals surface area contributed by atoms with Gasteiger partial charge in [0.2, 0.25) is 9.84 Å². The third-order valence-corrected chi connectivity index (χ3v) is 3.22. The highest BCUT2D eigenvalue weighted by molar-refractivity contribution is 7.96. The first-order chi connectivity index (χ1) is 7.17. The standard InChI is InChI=1S/C12H14O2S/c1-2-3-4-8-11-15(13,14)12-9-6-5-7-10-12/h5-7,9-10H,2-4H2,1H3. The Morgan fingerprint density at radius 2 is 1.87 bits per heavy atom. The topological polar surface area (TPSA) is 34.1 Å². The molecule has 0 aliphatic heterocycles. The fraction of sp³-hybridized carbons (Fsp3) is 0.333. The average Bonchev–Trinajstić information content (AvgIpc) is 2.26. The molecule has 3 heteroatoms. The minimum absolute atomic E-state index is 0.272. The molecule has 2 nitrogen and oxygen atoms in total. The lowest BCUT2D eigenvalue weighted by Gasteiger charge is -1.94. The second-order valence-electron chi connectivity index (χ2n) is 3.20. The van der Waals surface area contributed by atoms with E-state index in [0.29, 0.717) is 6.42 Å². The molecule has 0 aromatic heterocycles. The van der Waals surface area contributed by atoms with Crippen molar-refractivity contribution in [3.63, 3.8) is 0 Å². The molecule has 1 rings (SSSR count). The van der Waals surface area contributed by atoms with Crippen LogP contribution in [0.25, 0.3) is 0 Å². The molecule has 15 heavy (non-hydrogen) atoms. The van der Waals surface area contributed by atoms with E-state index in [1.807, 2.05) is 6.92 Å². The van der Waals surface area contributed by atoms with E-state index in [1.54, 1.807) is 30.3 Å². The van der Waals surface area contributed by atoms with Gasteiger partial charge in [0.05, 0.1) is 4.90 Å². The maximum Gasteiger partial charge on any atom is 0.245 e. The van der Waals surface area contributed by atoms with Crippen molar-refractivity contribution in [3.05, 3.63) is 30.3 Å². The van der Waals surface area contributed by atoms with E-state index in [2.05, 4.69) is 11.2 Å². The van der Waals surface area contributed by atoms with Gasteiger partial charge in [-0.3, -0.25) is 0 Å². The normalized spacial score (nSPS) is 10.5. The predicted molar refractivity (Wildman–Crippen MR) is 60.9 cm³/mol. The molecule has 0 heterocycles. The number of sulfone groups is 1. The van der Waals surface area contributed by atoms with E-state index >= 15 is 0 Å². The first-order valence-corrected chi connectivity index (χ1v) is 6.45. The van der Waals surface area contributed by atoms with E-state index < -0.39 is 9.84 Å². The second kappa shape index (κ2) is 5.57. The van der Waals surface area contributed by atoms with Crippen molar-refractivity contribution in [2.45, 2.75) is 31.1 Å². The molecular formula is C12H14O2S. The average molecular weight is 222 g/mol. The van der Waals surface area contributed by atoms with Crippen LogP contribution in [-0.2, 0) is 9.84 Å². The molecule has 0 fully saturated rings.